The smallest absolute Gasteiger partial charge is 0.545 e. The van der Waals surface area contributed by atoms with Crippen LogP contribution in [0.3, 0.4) is 0 Å². The van der Waals surface area contributed by atoms with E-state index in [2.05, 4.69) is 0 Å². The molecule has 0 N–H and O–H groups in total. The van der Waals surface area contributed by atoms with Crippen molar-refractivity contribution in [1.82, 2.24) is 0 Å². The summed E-state index contributed by atoms with van der Waals surface area (Å²) in [6, 6.07) is 32.3. The van der Waals surface area contributed by atoms with E-state index in [0.717, 1.165) is 0 Å². The summed E-state index contributed by atoms with van der Waals surface area (Å²) in [5.74, 6) is -4.52. The third-order valence-corrected chi connectivity index (χ3v) is 4.04. The van der Waals surface area contributed by atoms with E-state index in [1.54, 1.807) is 72.8 Å². The van der Waals surface area contributed by atoms with Gasteiger partial charge in [-0.05, 0) is 22.3 Å². The normalized spacial score (nSPS) is 8.65. The second-order valence-corrected chi connectivity index (χ2v) is 6.61. The number of carbonyl (C=O) groups is 4. The second kappa shape index (κ2) is 19.3. The Morgan fingerprint density at radius 3 is 0.541 bits per heavy atom. The zero-order valence-electron chi connectivity index (χ0n) is 19.3. The molecule has 0 saturated carbocycles. The van der Waals surface area contributed by atoms with E-state index in [-0.39, 0.29) is 64.0 Å². The minimum atomic E-state index is -1.13. The van der Waals surface area contributed by atoms with E-state index >= 15 is 0 Å². The number of aromatic carboxylic acids is 4. The van der Waals surface area contributed by atoms with Crippen LogP contribution in [0.2, 0.25) is 0 Å². The average molecular weight is 625 g/mol. The summed E-state index contributed by atoms with van der Waals surface area (Å²) in [5.41, 5.74) is 0.880. The fourth-order valence-corrected chi connectivity index (χ4v) is 2.30. The Morgan fingerprint density at radius 2 is 0.459 bits per heavy atom. The number of hydrogen-bond donors (Lipinski definition) is 0. The van der Waals surface area contributed by atoms with Crippen LogP contribution in [0.1, 0.15) is 41.4 Å². The van der Waals surface area contributed by atoms with Gasteiger partial charge in [0.15, 0.2) is 0 Å². The van der Waals surface area contributed by atoms with Crippen molar-refractivity contribution >= 4 is 23.9 Å². The van der Waals surface area contributed by atoms with Crippen molar-refractivity contribution in [2.45, 2.75) is 0 Å². The van der Waals surface area contributed by atoms with E-state index in [1.165, 1.54) is 48.5 Å². The first kappa shape index (κ1) is 33.1. The SMILES string of the molecule is O=C([O-])c1ccccc1.O=C([O-])c1ccccc1.O=C([O-])c1ccccc1.O=C([O-])c1ccccc1.[Ce+3]. The molecular weight excluding hydrogens is 604 g/mol. The van der Waals surface area contributed by atoms with Crippen molar-refractivity contribution in [1.29, 1.82) is 0 Å². The monoisotopic (exact) mass is 624 g/mol. The van der Waals surface area contributed by atoms with Crippen molar-refractivity contribution in [3.63, 3.8) is 0 Å². The Morgan fingerprint density at radius 1 is 0.324 bits per heavy atom. The number of carboxylic acids is 4. The van der Waals surface area contributed by atoms with Crippen LogP contribution in [0.5, 0.6) is 0 Å². The van der Waals surface area contributed by atoms with Gasteiger partial charge >= 0.3 is 41.7 Å². The molecule has 0 unspecified atom stereocenters. The molecule has 0 heterocycles. The first-order valence-corrected chi connectivity index (χ1v) is 10.3. The first-order chi connectivity index (χ1) is 17.2. The van der Waals surface area contributed by atoms with Crippen LogP contribution in [0, 0.1) is 41.7 Å². The van der Waals surface area contributed by atoms with Gasteiger partial charge in [-0.15, -0.1) is 0 Å². The van der Waals surface area contributed by atoms with Crippen LogP contribution < -0.4 is 20.4 Å². The van der Waals surface area contributed by atoms with Gasteiger partial charge < -0.3 is 39.6 Å². The van der Waals surface area contributed by atoms with E-state index in [0.29, 0.717) is 0 Å². The molecule has 4 rings (SSSR count). The summed E-state index contributed by atoms with van der Waals surface area (Å²) in [5, 5.41) is 40.4. The fraction of sp³-hybridized carbons (Fsp3) is 0. The molecule has 0 bridgehead atoms. The number of carbonyl (C=O) groups excluding carboxylic acids is 4. The summed E-state index contributed by atoms with van der Waals surface area (Å²) in [7, 11) is 0. The van der Waals surface area contributed by atoms with E-state index in [4.69, 9.17) is 0 Å². The number of carboxylic acid groups (broad SMARTS) is 4. The molecule has 4 aromatic carbocycles. The molecule has 4 aromatic rings. The molecule has 0 aliphatic rings. The van der Waals surface area contributed by atoms with Crippen LogP contribution in [-0.2, 0) is 0 Å². The van der Waals surface area contributed by atoms with Gasteiger partial charge in [-0.1, -0.05) is 121 Å². The molecule has 37 heavy (non-hydrogen) atoms. The maximum atomic E-state index is 10.1. The minimum absolute atomic E-state index is 0. The first-order valence-electron chi connectivity index (χ1n) is 10.3. The largest absolute Gasteiger partial charge is 3.00 e. The third-order valence-electron chi connectivity index (χ3n) is 4.04. The molecule has 1 radical (unpaired) electrons. The van der Waals surface area contributed by atoms with E-state index in [9.17, 15) is 39.6 Å². The fourth-order valence-electron chi connectivity index (χ4n) is 2.30. The molecule has 0 spiro atoms. The van der Waals surface area contributed by atoms with E-state index in [1.807, 2.05) is 0 Å². The predicted octanol–water partition coefficient (Wildman–Crippen LogP) is 0.200. The quantitative estimate of drug-likeness (QED) is 0.311. The standard InChI is InChI=1S/4C7H6O2.Ce/c4*8-7(9)6-4-2-1-3-5-6;/h4*1-5H,(H,8,9);/q;;;;+3/p-4. The Hall–Kier alpha value is -3.86. The van der Waals surface area contributed by atoms with Gasteiger partial charge in [0, 0.05) is 0 Å². The second-order valence-electron chi connectivity index (χ2n) is 6.61. The van der Waals surface area contributed by atoms with Crippen molar-refractivity contribution in [2.75, 3.05) is 0 Å². The Kier molecular flexibility index (Phi) is 17.3. The maximum Gasteiger partial charge on any atom is 3.00 e. The van der Waals surface area contributed by atoms with Crippen LogP contribution in [0.4, 0.5) is 0 Å². The van der Waals surface area contributed by atoms with Gasteiger partial charge in [0.05, 0.1) is 23.9 Å². The van der Waals surface area contributed by atoms with Gasteiger partial charge in [0.25, 0.3) is 0 Å². The van der Waals surface area contributed by atoms with Gasteiger partial charge in [-0.25, -0.2) is 0 Å². The summed E-state index contributed by atoms with van der Waals surface area (Å²) >= 11 is 0. The summed E-state index contributed by atoms with van der Waals surface area (Å²) in [6.45, 7) is 0. The van der Waals surface area contributed by atoms with Crippen LogP contribution in [0.15, 0.2) is 121 Å². The van der Waals surface area contributed by atoms with Crippen molar-refractivity contribution in [3.05, 3.63) is 144 Å². The average Bonchev–Trinajstić information content (AvgIpc) is 2.92. The third kappa shape index (κ3) is 15.0. The molecule has 0 aliphatic carbocycles. The topological polar surface area (TPSA) is 161 Å². The van der Waals surface area contributed by atoms with E-state index < -0.39 is 23.9 Å². The van der Waals surface area contributed by atoms with Gasteiger partial charge in [0.1, 0.15) is 0 Å². The van der Waals surface area contributed by atoms with Crippen molar-refractivity contribution in [3.8, 4) is 0 Å². The Labute approximate surface area is 247 Å². The molecule has 0 saturated heterocycles. The molecule has 185 valence electrons. The summed E-state index contributed by atoms with van der Waals surface area (Å²) in [4.78, 5) is 40.4. The maximum absolute atomic E-state index is 10.1. The Bertz CT molecular complexity index is 1020. The number of rotatable bonds is 4. The number of hydrogen-bond acceptors (Lipinski definition) is 8. The van der Waals surface area contributed by atoms with Gasteiger partial charge in [-0.3, -0.25) is 0 Å². The molecule has 0 aliphatic heterocycles. The zero-order chi connectivity index (χ0) is 26.8. The van der Waals surface area contributed by atoms with Gasteiger partial charge in [0.2, 0.25) is 0 Å². The Balaban J connectivity index is 0.000000463. The molecule has 0 aromatic heterocycles. The molecule has 8 nitrogen and oxygen atoms in total. The minimum Gasteiger partial charge on any atom is -0.545 e. The molecule has 0 amide bonds. The van der Waals surface area contributed by atoms with Crippen LogP contribution in [0.25, 0.3) is 0 Å². The summed E-state index contributed by atoms with van der Waals surface area (Å²) < 4.78 is 0. The molecule has 9 heteroatoms. The number of benzene rings is 4. The zero-order valence-corrected chi connectivity index (χ0v) is 22.5. The van der Waals surface area contributed by atoms with Crippen molar-refractivity contribution in [2.24, 2.45) is 0 Å². The van der Waals surface area contributed by atoms with Crippen molar-refractivity contribution < 1.29 is 81.4 Å². The van der Waals surface area contributed by atoms with Gasteiger partial charge in [-0.2, -0.15) is 0 Å². The predicted molar refractivity (Wildman–Crippen MR) is 123 cm³/mol. The molecular formula is C28H20CeO8-. The molecule has 0 atom stereocenters. The van der Waals surface area contributed by atoms with Crippen LogP contribution >= 0.6 is 0 Å². The summed E-state index contributed by atoms with van der Waals surface area (Å²) in [6.07, 6.45) is 0. The van der Waals surface area contributed by atoms with Crippen LogP contribution in [-0.4, -0.2) is 23.9 Å². The molecule has 0 fully saturated rings.